The highest BCUT2D eigenvalue weighted by atomic mass is 19.4. The van der Waals surface area contributed by atoms with Gasteiger partial charge in [-0.05, 0) is 105 Å². The number of aryl methyl sites for hydroxylation is 2. The van der Waals surface area contributed by atoms with Crippen LogP contribution >= 0.6 is 0 Å². The number of carbonyl (C=O) groups excluding carboxylic acids is 1. The Kier molecular flexibility index (Phi) is 8.61. The topological polar surface area (TPSA) is 70.5 Å². The molecule has 0 amide bonds. The van der Waals surface area contributed by atoms with E-state index in [-0.39, 0.29) is 5.41 Å². The first kappa shape index (κ1) is 29.7. The molecule has 5 atom stereocenters. The van der Waals surface area contributed by atoms with Crippen molar-refractivity contribution in [3.8, 4) is 0 Å². The van der Waals surface area contributed by atoms with Crippen molar-refractivity contribution in [2.75, 3.05) is 13.1 Å². The maximum atomic E-state index is 13.8. The van der Waals surface area contributed by atoms with Crippen molar-refractivity contribution in [2.24, 2.45) is 17.3 Å². The van der Waals surface area contributed by atoms with Crippen LogP contribution in [0.25, 0.3) is 0 Å². The summed E-state index contributed by atoms with van der Waals surface area (Å²) >= 11 is 0. The lowest BCUT2D eigenvalue weighted by atomic mass is 9.74. The Morgan fingerprint density at radius 2 is 2.00 bits per heavy atom. The number of ketones is 1. The van der Waals surface area contributed by atoms with E-state index < -0.39 is 17.7 Å². The van der Waals surface area contributed by atoms with Gasteiger partial charge in [-0.25, -0.2) is 4.79 Å². The lowest BCUT2D eigenvalue weighted by Crippen LogP contribution is -2.44. The summed E-state index contributed by atoms with van der Waals surface area (Å²) in [5.74, 6) is 0.570. The lowest BCUT2D eigenvalue weighted by molar-refractivity contribution is -0.137. The summed E-state index contributed by atoms with van der Waals surface area (Å²) in [6.07, 6.45) is 4.63. The van der Waals surface area contributed by atoms with Crippen LogP contribution in [0, 0.1) is 17.3 Å². The van der Waals surface area contributed by atoms with Crippen LogP contribution in [0.4, 0.5) is 13.2 Å². The number of fused-ring (bicyclic) bond motifs is 1. The zero-order valence-corrected chi connectivity index (χ0v) is 24.1. The minimum absolute atomic E-state index is 0.262. The number of Topliss-reactive ketones (excluding diaryl/α,β-unsaturated/α-hetero) is 1. The first-order chi connectivity index (χ1) is 19.5. The van der Waals surface area contributed by atoms with Crippen LogP contribution in [-0.4, -0.2) is 45.9 Å². The summed E-state index contributed by atoms with van der Waals surface area (Å²) in [6, 6.07) is 8.92. The maximum Gasteiger partial charge on any atom is 0.417 e. The third-order valence-electron chi connectivity index (χ3n) is 10.3. The van der Waals surface area contributed by atoms with E-state index in [2.05, 4.69) is 16.8 Å². The van der Waals surface area contributed by atoms with E-state index in [4.69, 9.17) is 0 Å². The molecule has 2 saturated carbocycles. The minimum atomic E-state index is -4.40. The van der Waals surface area contributed by atoms with E-state index in [9.17, 15) is 27.9 Å². The third kappa shape index (κ3) is 6.08. The Labute approximate surface area is 240 Å². The number of hydrogen-bond donors (Lipinski definition) is 1. The summed E-state index contributed by atoms with van der Waals surface area (Å²) in [7, 11) is 0. The minimum Gasteiger partial charge on any atom is -0.478 e. The molecule has 3 aliphatic rings. The Morgan fingerprint density at radius 1 is 1.20 bits per heavy atom. The molecule has 2 heterocycles. The fraction of sp³-hybridized carbons (Fsp3) is 0.606. The van der Waals surface area contributed by atoms with Gasteiger partial charge in [0.2, 0.25) is 0 Å². The second-order valence-corrected chi connectivity index (χ2v) is 12.6. The van der Waals surface area contributed by atoms with Crippen LogP contribution in [0.2, 0.25) is 0 Å². The standard InChI is InChI=1S/C33H41F3N2O3/c1-3-22-16-26(33(34,35)36)19-37-29(22)10-5-11-30(39)32-13-6-9-25(32)17-27(18-32)38-14-12-28(21(2)20-38)23-7-4-8-24(15-23)31(40)41/h4,7-8,15-16,19,21,25,27-28H,3,5-6,9-14,17-18,20H2,1-2H3,(H,40,41)/t21-,25-,27+,28-,32-/m1/s1. The fourth-order valence-electron chi connectivity index (χ4n) is 8.15. The monoisotopic (exact) mass is 570 g/mol. The number of alkyl halides is 3. The number of aromatic nitrogens is 1. The van der Waals surface area contributed by atoms with Crippen molar-refractivity contribution >= 4 is 11.8 Å². The lowest BCUT2D eigenvalue weighted by Gasteiger charge is -2.41. The summed E-state index contributed by atoms with van der Waals surface area (Å²) < 4.78 is 39.3. The number of nitrogens with zero attached hydrogens (tertiary/aromatic N) is 2. The van der Waals surface area contributed by atoms with E-state index in [1.807, 2.05) is 25.1 Å². The van der Waals surface area contributed by atoms with E-state index >= 15 is 0 Å². The molecule has 2 aromatic rings. The number of carbonyl (C=O) groups is 2. The molecule has 0 spiro atoms. The van der Waals surface area contributed by atoms with Crippen LogP contribution in [0.15, 0.2) is 36.5 Å². The van der Waals surface area contributed by atoms with Gasteiger partial charge in [-0.2, -0.15) is 13.2 Å². The summed E-state index contributed by atoms with van der Waals surface area (Å²) in [4.78, 5) is 31.9. The number of aromatic carboxylic acids is 1. The molecule has 3 fully saturated rings. The van der Waals surface area contributed by atoms with Gasteiger partial charge >= 0.3 is 12.1 Å². The summed E-state index contributed by atoms with van der Waals surface area (Å²) in [5, 5.41) is 9.40. The van der Waals surface area contributed by atoms with E-state index in [0.717, 1.165) is 63.4 Å². The van der Waals surface area contributed by atoms with Crippen LogP contribution in [0.3, 0.4) is 0 Å². The number of pyridine rings is 1. The first-order valence-electron chi connectivity index (χ1n) is 15.2. The van der Waals surface area contributed by atoms with Crippen molar-refractivity contribution in [3.63, 3.8) is 0 Å². The third-order valence-corrected chi connectivity index (χ3v) is 10.3. The van der Waals surface area contributed by atoms with Gasteiger partial charge < -0.3 is 10.0 Å². The molecule has 1 aromatic heterocycles. The van der Waals surface area contributed by atoms with Crippen LogP contribution in [0.1, 0.15) is 104 Å². The largest absolute Gasteiger partial charge is 0.478 e. The number of halogens is 3. The molecule has 222 valence electrons. The quantitative estimate of drug-likeness (QED) is 0.342. The molecular weight excluding hydrogens is 529 g/mol. The predicted octanol–water partition coefficient (Wildman–Crippen LogP) is 7.33. The van der Waals surface area contributed by atoms with Crippen LogP contribution < -0.4 is 0 Å². The van der Waals surface area contributed by atoms with E-state index in [0.29, 0.717) is 72.1 Å². The average Bonchev–Trinajstić information content (AvgIpc) is 3.51. The van der Waals surface area contributed by atoms with Crippen molar-refractivity contribution in [1.29, 1.82) is 0 Å². The molecule has 0 bridgehead atoms. The molecule has 1 saturated heterocycles. The van der Waals surface area contributed by atoms with Crippen molar-refractivity contribution in [2.45, 2.75) is 96.2 Å². The molecule has 41 heavy (non-hydrogen) atoms. The molecule has 2 aliphatic carbocycles. The molecule has 1 aliphatic heterocycles. The van der Waals surface area contributed by atoms with E-state index in [1.54, 1.807) is 6.07 Å². The number of benzene rings is 1. The summed E-state index contributed by atoms with van der Waals surface area (Å²) in [6.45, 7) is 5.99. The number of carboxylic acid groups (broad SMARTS) is 1. The van der Waals surface area contributed by atoms with Gasteiger partial charge in [-0.1, -0.05) is 32.4 Å². The Balaban J connectivity index is 1.19. The first-order valence-corrected chi connectivity index (χ1v) is 15.2. The van der Waals surface area contributed by atoms with Gasteiger partial charge in [0.25, 0.3) is 0 Å². The Bertz CT molecular complexity index is 1280. The number of hydrogen-bond acceptors (Lipinski definition) is 4. The van der Waals surface area contributed by atoms with Gasteiger partial charge in [-0.15, -0.1) is 0 Å². The SMILES string of the molecule is CCc1cc(C(F)(F)F)cnc1CCCC(=O)[C@@]12CCC[C@@H]1C[C@H](N1CC[C@@H](c3cccc(C(=O)O)c3)[C@H](C)C1)C2. The van der Waals surface area contributed by atoms with Crippen LogP contribution in [-0.2, 0) is 23.8 Å². The molecule has 0 radical (unpaired) electrons. The molecular formula is C33H41F3N2O3. The van der Waals surface area contributed by atoms with Crippen LogP contribution in [0.5, 0.6) is 0 Å². The average molecular weight is 571 g/mol. The van der Waals surface area contributed by atoms with E-state index in [1.165, 1.54) is 6.07 Å². The van der Waals surface area contributed by atoms with Gasteiger partial charge in [0.1, 0.15) is 5.78 Å². The number of rotatable bonds is 9. The number of piperidine rings is 1. The molecule has 8 heteroatoms. The predicted molar refractivity (Wildman–Crippen MR) is 151 cm³/mol. The zero-order valence-electron chi connectivity index (χ0n) is 24.1. The molecule has 1 N–H and O–H groups in total. The second-order valence-electron chi connectivity index (χ2n) is 12.6. The summed E-state index contributed by atoms with van der Waals surface area (Å²) in [5.41, 5.74) is 1.73. The maximum absolute atomic E-state index is 13.8. The Hall–Kier alpha value is -2.74. The van der Waals surface area contributed by atoms with Gasteiger partial charge in [-0.3, -0.25) is 9.78 Å². The second kappa shape index (κ2) is 11.9. The smallest absolute Gasteiger partial charge is 0.417 e. The molecule has 0 unspecified atom stereocenters. The van der Waals surface area contributed by atoms with Crippen molar-refractivity contribution in [1.82, 2.24) is 9.88 Å². The molecule has 5 rings (SSSR count). The number of likely N-dealkylation sites (tertiary alicyclic amines) is 1. The highest BCUT2D eigenvalue weighted by Crippen LogP contribution is 2.57. The molecule has 1 aromatic carbocycles. The van der Waals surface area contributed by atoms with Crippen molar-refractivity contribution in [3.05, 3.63) is 64.5 Å². The highest BCUT2D eigenvalue weighted by Gasteiger charge is 2.55. The van der Waals surface area contributed by atoms with Gasteiger partial charge in [0, 0.05) is 36.3 Å². The Morgan fingerprint density at radius 3 is 2.71 bits per heavy atom. The zero-order chi connectivity index (χ0) is 29.4. The normalized spacial score (nSPS) is 28.5. The van der Waals surface area contributed by atoms with Crippen molar-refractivity contribution < 1.29 is 27.9 Å². The van der Waals surface area contributed by atoms with Gasteiger partial charge in [0.05, 0.1) is 11.1 Å². The highest BCUT2D eigenvalue weighted by molar-refractivity contribution is 5.87. The fourth-order valence-corrected chi connectivity index (χ4v) is 8.15. The number of carboxylic acids is 1. The van der Waals surface area contributed by atoms with Gasteiger partial charge in [0.15, 0.2) is 0 Å². The molecule has 5 nitrogen and oxygen atoms in total.